The summed E-state index contributed by atoms with van der Waals surface area (Å²) in [4.78, 5) is 21.6. The molecule has 0 aromatic rings. The number of aliphatic hydroxyl groups is 2. The van der Waals surface area contributed by atoms with Crippen molar-refractivity contribution in [3.8, 4) is 0 Å². The molecule has 0 atom stereocenters. The minimum Gasteiger partial charge on any atom is -0.469 e. The van der Waals surface area contributed by atoms with Crippen LogP contribution in [-0.2, 0) is 19.1 Å². The number of ether oxygens (including phenoxy) is 2. The Morgan fingerprint density at radius 3 is 1.67 bits per heavy atom. The lowest BCUT2D eigenvalue weighted by molar-refractivity contribution is -0.145. The van der Waals surface area contributed by atoms with Crippen LogP contribution in [-0.4, -0.2) is 49.1 Å². The summed E-state index contributed by atoms with van der Waals surface area (Å²) in [6.07, 6.45) is 4.60. The molecule has 2 rings (SSSR count). The molecule has 0 saturated heterocycles. The van der Waals surface area contributed by atoms with E-state index in [1.165, 1.54) is 7.11 Å². The number of methoxy groups -OCH3 is 1. The van der Waals surface area contributed by atoms with Gasteiger partial charge in [-0.1, -0.05) is 0 Å². The second kappa shape index (κ2) is 7.75. The Kier molecular flexibility index (Phi) is 6.61. The molecule has 0 radical (unpaired) electrons. The summed E-state index contributed by atoms with van der Waals surface area (Å²) < 4.78 is 9.25. The van der Waals surface area contributed by atoms with Crippen LogP contribution in [0.3, 0.4) is 0 Å². The van der Waals surface area contributed by atoms with Crippen LogP contribution in [0.4, 0.5) is 0 Å². The standard InChI is InChI=1S/C8H14O3.C7H12O3/c1-2-11-7(10)5-8(6-9)3-4-8;1-10-6(9)4-7(5-8)2-3-7/h9H,2-6H2,1H3;8H,2-5H2,1H3. The van der Waals surface area contributed by atoms with Gasteiger partial charge in [-0.25, -0.2) is 0 Å². The molecule has 2 N–H and O–H groups in total. The Labute approximate surface area is 125 Å². The van der Waals surface area contributed by atoms with Crippen LogP contribution < -0.4 is 0 Å². The molecule has 6 heteroatoms. The SMILES string of the molecule is CCOC(=O)CC1(CO)CC1.COC(=O)CC1(CO)CC1. The van der Waals surface area contributed by atoms with Crippen molar-refractivity contribution in [1.29, 1.82) is 0 Å². The Morgan fingerprint density at radius 2 is 1.38 bits per heavy atom. The lowest BCUT2D eigenvalue weighted by Crippen LogP contribution is -2.15. The van der Waals surface area contributed by atoms with Crippen LogP contribution >= 0.6 is 0 Å². The largest absolute Gasteiger partial charge is 0.469 e. The van der Waals surface area contributed by atoms with Crippen molar-refractivity contribution in [2.24, 2.45) is 10.8 Å². The van der Waals surface area contributed by atoms with Crippen LogP contribution in [0.15, 0.2) is 0 Å². The van der Waals surface area contributed by atoms with Crippen molar-refractivity contribution in [2.45, 2.75) is 45.4 Å². The monoisotopic (exact) mass is 302 g/mol. The first kappa shape index (κ1) is 17.9. The van der Waals surface area contributed by atoms with E-state index < -0.39 is 0 Å². The molecule has 0 bridgehead atoms. The highest BCUT2D eigenvalue weighted by Gasteiger charge is 2.44. The molecular weight excluding hydrogens is 276 g/mol. The number of hydrogen-bond donors (Lipinski definition) is 2. The molecule has 2 aliphatic carbocycles. The molecule has 0 heterocycles. The van der Waals surface area contributed by atoms with E-state index in [0.717, 1.165) is 25.7 Å². The molecule has 2 aliphatic rings. The molecule has 6 nitrogen and oxygen atoms in total. The predicted molar refractivity (Wildman–Crippen MR) is 75.4 cm³/mol. The van der Waals surface area contributed by atoms with Crippen LogP contribution in [0.2, 0.25) is 0 Å². The Bertz CT molecular complexity index is 357. The summed E-state index contributed by atoms with van der Waals surface area (Å²) in [5.41, 5.74) is -0.209. The van der Waals surface area contributed by atoms with E-state index in [4.69, 9.17) is 14.9 Å². The topological polar surface area (TPSA) is 93.1 Å². The zero-order valence-electron chi connectivity index (χ0n) is 12.9. The van der Waals surface area contributed by atoms with E-state index in [1.807, 2.05) is 0 Å². The molecular formula is C15H26O6. The summed E-state index contributed by atoms with van der Waals surface area (Å²) in [5.74, 6) is -0.398. The van der Waals surface area contributed by atoms with Crippen LogP contribution in [0, 0.1) is 10.8 Å². The van der Waals surface area contributed by atoms with Crippen molar-refractivity contribution < 1.29 is 29.3 Å². The first-order valence-electron chi connectivity index (χ1n) is 7.39. The Balaban J connectivity index is 0.000000211. The van der Waals surface area contributed by atoms with E-state index in [0.29, 0.717) is 19.4 Å². The van der Waals surface area contributed by atoms with E-state index in [2.05, 4.69) is 4.74 Å². The van der Waals surface area contributed by atoms with Gasteiger partial charge in [-0.3, -0.25) is 9.59 Å². The number of carbonyl (C=O) groups excluding carboxylic acids is 2. The normalized spacial score (nSPS) is 19.8. The van der Waals surface area contributed by atoms with Crippen LogP contribution in [0.1, 0.15) is 45.4 Å². The molecule has 0 aliphatic heterocycles. The van der Waals surface area contributed by atoms with Crippen molar-refractivity contribution >= 4 is 11.9 Å². The minimum absolute atomic E-state index is 0.104. The van der Waals surface area contributed by atoms with E-state index in [1.54, 1.807) is 6.92 Å². The molecule has 0 aromatic heterocycles. The van der Waals surface area contributed by atoms with Gasteiger partial charge in [-0.05, 0) is 32.6 Å². The van der Waals surface area contributed by atoms with Gasteiger partial charge in [0, 0.05) is 24.0 Å². The summed E-state index contributed by atoms with van der Waals surface area (Å²) in [6, 6.07) is 0. The van der Waals surface area contributed by atoms with E-state index >= 15 is 0 Å². The van der Waals surface area contributed by atoms with Gasteiger partial charge in [0.05, 0.1) is 26.6 Å². The van der Waals surface area contributed by atoms with Crippen molar-refractivity contribution in [1.82, 2.24) is 0 Å². The second-order valence-electron chi connectivity index (χ2n) is 6.05. The summed E-state index contributed by atoms with van der Waals surface area (Å²) in [6.45, 7) is 2.45. The first-order valence-corrected chi connectivity index (χ1v) is 7.39. The van der Waals surface area contributed by atoms with Gasteiger partial charge < -0.3 is 19.7 Å². The third kappa shape index (κ3) is 6.01. The molecule has 2 saturated carbocycles. The number of rotatable bonds is 7. The molecule has 122 valence electrons. The molecule has 0 spiro atoms. The molecule has 21 heavy (non-hydrogen) atoms. The maximum Gasteiger partial charge on any atom is 0.306 e. The molecule has 0 unspecified atom stereocenters. The maximum atomic E-state index is 10.9. The molecule has 0 aromatic carbocycles. The van der Waals surface area contributed by atoms with Gasteiger partial charge >= 0.3 is 11.9 Å². The van der Waals surface area contributed by atoms with Gasteiger partial charge in [-0.15, -0.1) is 0 Å². The predicted octanol–water partition coefficient (Wildman–Crippen LogP) is 1.03. The number of aliphatic hydroxyl groups excluding tert-OH is 2. The van der Waals surface area contributed by atoms with Gasteiger partial charge in [0.25, 0.3) is 0 Å². The number of esters is 2. The first-order chi connectivity index (χ1) is 9.94. The summed E-state index contributed by atoms with van der Waals surface area (Å²) in [7, 11) is 1.37. The third-order valence-electron chi connectivity index (χ3n) is 4.16. The van der Waals surface area contributed by atoms with Gasteiger partial charge in [0.2, 0.25) is 0 Å². The third-order valence-corrected chi connectivity index (χ3v) is 4.16. The number of hydrogen-bond acceptors (Lipinski definition) is 6. The van der Waals surface area contributed by atoms with Gasteiger partial charge in [0.1, 0.15) is 0 Å². The summed E-state index contributed by atoms with van der Waals surface area (Å²) in [5, 5.41) is 17.7. The highest BCUT2D eigenvalue weighted by atomic mass is 16.5. The summed E-state index contributed by atoms with van der Waals surface area (Å²) >= 11 is 0. The molecule has 0 amide bonds. The lowest BCUT2D eigenvalue weighted by atomic mass is 10.0. The van der Waals surface area contributed by atoms with E-state index in [-0.39, 0.29) is 36.0 Å². The van der Waals surface area contributed by atoms with Crippen molar-refractivity contribution in [2.75, 3.05) is 26.9 Å². The highest BCUT2D eigenvalue weighted by Crippen LogP contribution is 2.48. The quantitative estimate of drug-likeness (QED) is 0.682. The zero-order valence-corrected chi connectivity index (χ0v) is 12.9. The average molecular weight is 302 g/mol. The average Bonchev–Trinajstić information content (AvgIpc) is 3.38. The second-order valence-corrected chi connectivity index (χ2v) is 6.05. The Morgan fingerprint density at radius 1 is 0.952 bits per heavy atom. The van der Waals surface area contributed by atoms with Gasteiger partial charge in [-0.2, -0.15) is 0 Å². The lowest BCUT2D eigenvalue weighted by Gasteiger charge is -2.09. The van der Waals surface area contributed by atoms with Crippen molar-refractivity contribution in [3.05, 3.63) is 0 Å². The van der Waals surface area contributed by atoms with E-state index in [9.17, 15) is 9.59 Å². The highest BCUT2D eigenvalue weighted by molar-refractivity contribution is 5.71. The Hall–Kier alpha value is -1.14. The fraction of sp³-hybridized carbons (Fsp3) is 0.867. The fourth-order valence-corrected chi connectivity index (χ4v) is 2.03. The van der Waals surface area contributed by atoms with Crippen LogP contribution in [0.25, 0.3) is 0 Å². The van der Waals surface area contributed by atoms with Crippen LogP contribution in [0.5, 0.6) is 0 Å². The zero-order chi connectivity index (χ0) is 15.9. The minimum atomic E-state index is -0.216. The maximum absolute atomic E-state index is 10.9. The smallest absolute Gasteiger partial charge is 0.306 e. The van der Waals surface area contributed by atoms with Gasteiger partial charge in [0.15, 0.2) is 0 Å². The fourth-order valence-electron chi connectivity index (χ4n) is 2.03. The molecule has 2 fully saturated rings. The van der Waals surface area contributed by atoms with Crippen molar-refractivity contribution in [3.63, 3.8) is 0 Å². The number of carbonyl (C=O) groups is 2.